The Morgan fingerprint density at radius 1 is 1.00 bits per heavy atom. The fourth-order valence-corrected chi connectivity index (χ4v) is 3.44. The van der Waals surface area contributed by atoms with E-state index in [2.05, 4.69) is 30.5 Å². The van der Waals surface area contributed by atoms with Gasteiger partial charge in [-0.15, -0.1) is 11.3 Å². The predicted molar refractivity (Wildman–Crippen MR) is 107 cm³/mol. The van der Waals surface area contributed by atoms with Gasteiger partial charge in [0.15, 0.2) is 0 Å². The maximum atomic E-state index is 12.3. The molecular formula is C18H19N7OS. The number of urea groups is 1. The second-order valence-corrected chi connectivity index (χ2v) is 6.93. The summed E-state index contributed by atoms with van der Waals surface area (Å²) in [7, 11) is 0. The molecule has 3 aromatic heterocycles. The van der Waals surface area contributed by atoms with Crippen LogP contribution in [0.3, 0.4) is 0 Å². The number of nitrogens with zero attached hydrogens (tertiary/aromatic N) is 5. The van der Waals surface area contributed by atoms with E-state index in [0.717, 1.165) is 29.7 Å². The zero-order valence-electron chi connectivity index (χ0n) is 14.6. The van der Waals surface area contributed by atoms with Gasteiger partial charge in [-0.05, 0) is 29.6 Å². The van der Waals surface area contributed by atoms with E-state index in [9.17, 15) is 4.79 Å². The molecule has 3 aromatic rings. The molecule has 1 saturated heterocycles. The number of nitrogens with one attached hydrogen (secondary N) is 2. The lowest BCUT2D eigenvalue weighted by Crippen LogP contribution is -2.50. The Labute approximate surface area is 160 Å². The highest BCUT2D eigenvalue weighted by Gasteiger charge is 2.22. The molecular weight excluding hydrogens is 362 g/mol. The van der Waals surface area contributed by atoms with Crippen LogP contribution in [0.15, 0.2) is 54.3 Å². The Bertz CT molecular complexity index is 880. The average Bonchev–Trinajstić information content (AvgIpc) is 3.22. The van der Waals surface area contributed by atoms with Gasteiger partial charge >= 0.3 is 6.03 Å². The van der Waals surface area contributed by atoms with Crippen LogP contribution >= 0.6 is 11.3 Å². The van der Waals surface area contributed by atoms with Crippen molar-refractivity contribution in [3.63, 3.8) is 0 Å². The largest absolute Gasteiger partial charge is 0.353 e. The van der Waals surface area contributed by atoms with Gasteiger partial charge in [0.2, 0.25) is 0 Å². The molecule has 0 unspecified atom stereocenters. The van der Waals surface area contributed by atoms with Crippen molar-refractivity contribution >= 4 is 39.8 Å². The summed E-state index contributed by atoms with van der Waals surface area (Å²) < 4.78 is 0. The summed E-state index contributed by atoms with van der Waals surface area (Å²) in [5, 5.41) is 8.91. The summed E-state index contributed by atoms with van der Waals surface area (Å²) >= 11 is 1.52. The third kappa shape index (κ3) is 4.32. The van der Waals surface area contributed by atoms with Gasteiger partial charge in [0.05, 0.1) is 5.00 Å². The maximum absolute atomic E-state index is 12.3. The predicted octanol–water partition coefficient (Wildman–Crippen LogP) is 3.03. The zero-order chi connectivity index (χ0) is 18.5. The monoisotopic (exact) mass is 381 g/mol. The Kier molecular flexibility index (Phi) is 5.10. The van der Waals surface area contributed by atoms with Crippen molar-refractivity contribution < 1.29 is 4.79 Å². The van der Waals surface area contributed by atoms with Crippen molar-refractivity contribution in [3.8, 4) is 0 Å². The molecule has 0 saturated carbocycles. The third-order valence-electron chi connectivity index (χ3n) is 4.22. The lowest BCUT2D eigenvalue weighted by atomic mass is 10.3. The maximum Gasteiger partial charge on any atom is 0.322 e. The van der Waals surface area contributed by atoms with Gasteiger partial charge in [0.1, 0.15) is 23.8 Å². The molecule has 138 valence electrons. The molecule has 1 aliphatic heterocycles. The lowest BCUT2D eigenvalue weighted by molar-refractivity contribution is 0.208. The number of carbonyl (C=O) groups is 1. The highest BCUT2D eigenvalue weighted by molar-refractivity contribution is 7.14. The molecule has 0 bridgehead atoms. The summed E-state index contributed by atoms with van der Waals surface area (Å²) in [4.78, 5) is 29.2. The molecule has 27 heavy (non-hydrogen) atoms. The van der Waals surface area contributed by atoms with Crippen LogP contribution in [0.25, 0.3) is 0 Å². The Balaban J connectivity index is 1.35. The number of thiophene rings is 1. The van der Waals surface area contributed by atoms with Crippen molar-refractivity contribution in [1.29, 1.82) is 0 Å². The molecule has 2 N–H and O–H groups in total. The minimum absolute atomic E-state index is 0.0581. The first-order valence-electron chi connectivity index (χ1n) is 8.62. The van der Waals surface area contributed by atoms with Gasteiger partial charge in [-0.3, -0.25) is 5.32 Å². The smallest absolute Gasteiger partial charge is 0.322 e. The minimum atomic E-state index is -0.0581. The number of hydrogen-bond donors (Lipinski definition) is 2. The summed E-state index contributed by atoms with van der Waals surface area (Å²) in [5.41, 5.74) is 0. The van der Waals surface area contributed by atoms with Gasteiger partial charge in [-0.2, -0.15) is 0 Å². The second kappa shape index (κ2) is 8.00. The normalized spacial score (nSPS) is 14.1. The van der Waals surface area contributed by atoms with E-state index in [1.807, 2.05) is 46.7 Å². The van der Waals surface area contributed by atoms with Gasteiger partial charge in [0, 0.05) is 38.4 Å². The van der Waals surface area contributed by atoms with Crippen LogP contribution in [0.1, 0.15) is 0 Å². The molecule has 8 nitrogen and oxygen atoms in total. The van der Waals surface area contributed by atoms with Gasteiger partial charge in [0.25, 0.3) is 0 Å². The van der Waals surface area contributed by atoms with E-state index in [1.54, 1.807) is 6.20 Å². The van der Waals surface area contributed by atoms with Crippen LogP contribution < -0.4 is 15.5 Å². The van der Waals surface area contributed by atoms with Crippen molar-refractivity contribution in [2.24, 2.45) is 0 Å². The first kappa shape index (κ1) is 17.2. The van der Waals surface area contributed by atoms with Crippen molar-refractivity contribution in [2.45, 2.75) is 0 Å². The average molecular weight is 381 g/mol. The summed E-state index contributed by atoms with van der Waals surface area (Å²) in [5.74, 6) is 2.26. The number of piperazine rings is 1. The van der Waals surface area contributed by atoms with E-state index >= 15 is 0 Å². The molecule has 4 rings (SSSR count). The Morgan fingerprint density at radius 2 is 1.89 bits per heavy atom. The van der Waals surface area contributed by atoms with Gasteiger partial charge in [-0.1, -0.05) is 6.07 Å². The van der Waals surface area contributed by atoms with Crippen LogP contribution in [0.5, 0.6) is 0 Å². The highest BCUT2D eigenvalue weighted by Crippen LogP contribution is 2.20. The fourth-order valence-electron chi connectivity index (χ4n) is 2.83. The molecule has 2 amide bonds. The quantitative estimate of drug-likeness (QED) is 0.722. The van der Waals surface area contributed by atoms with Crippen LogP contribution in [-0.4, -0.2) is 52.1 Å². The summed E-state index contributed by atoms with van der Waals surface area (Å²) in [6.07, 6.45) is 3.27. The number of hydrogen-bond acceptors (Lipinski definition) is 7. The van der Waals surface area contributed by atoms with Gasteiger partial charge in [-0.25, -0.2) is 19.7 Å². The number of carbonyl (C=O) groups excluding carboxylic acids is 1. The molecule has 4 heterocycles. The molecule has 1 aliphatic rings. The van der Waals surface area contributed by atoms with E-state index < -0.39 is 0 Å². The van der Waals surface area contributed by atoms with Crippen LogP contribution in [0.2, 0.25) is 0 Å². The summed E-state index contributed by atoms with van der Waals surface area (Å²) in [6.45, 7) is 2.73. The van der Waals surface area contributed by atoms with Crippen molar-refractivity contribution in [3.05, 3.63) is 54.3 Å². The van der Waals surface area contributed by atoms with E-state index in [0.29, 0.717) is 18.9 Å². The number of rotatable bonds is 4. The first-order valence-corrected chi connectivity index (χ1v) is 9.50. The molecule has 9 heteroatoms. The van der Waals surface area contributed by atoms with Crippen molar-refractivity contribution in [1.82, 2.24) is 19.9 Å². The fraction of sp³-hybridized carbons (Fsp3) is 0.222. The number of amides is 2. The minimum Gasteiger partial charge on any atom is -0.353 e. The molecule has 0 aliphatic carbocycles. The standard InChI is InChI=1S/C18H19N7OS/c26-18(23-17-5-3-11-27-17)25-9-7-24(8-10-25)16-12-15(20-13-21-16)22-14-4-1-2-6-19-14/h1-6,11-13H,7-10H2,(H,23,26)(H,19,20,21,22). The van der Waals surface area contributed by atoms with Crippen LogP contribution in [-0.2, 0) is 0 Å². The van der Waals surface area contributed by atoms with Crippen molar-refractivity contribution in [2.75, 3.05) is 41.7 Å². The molecule has 1 fully saturated rings. The Hall–Kier alpha value is -3.20. The number of pyridine rings is 1. The topological polar surface area (TPSA) is 86.3 Å². The SMILES string of the molecule is O=C(Nc1cccs1)N1CCN(c2cc(Nc3ccccn3)ncn2)CC1. The molecule has 0 aromatic carbocycles. The van der Waals surface area contributed by atoms with Crippen LogP contribution in [0.4, 0.5) is 27.2 Å². The van der Waals surface area contributed by atoms with Crippen LogP contribution in [0, 0.1) is 0 Å². The lowest BCUT2D eigenvalue weighted by Gasteiger charge is -2.35. The van der Waals surface area contributed by atoms with E-state index in [-0.39, 0.29) is 6.03 Å². The Morgan fingerprint density at radius 3 is 2.63 bits per heavy atom. The second-order valence-electron chi connectivity index (χ2n) is 5.98. The molecule has 0 radical (unpaired) electrons. The number of anilines is 4. The molecule has 0 atom stereocenters. The number of aromatic nitrogens is 3. The molecule has 0 spiro atoms. The zero-order valence-corrected chi connectivity index (χ0v) is 15.4. The van der Waals surface area contributed by atoms with Gasteiger partial charge < -0.3 is 15.1 Å². The van der Waals surface area contributed by atoms with E-state index in [4.69, 9.17) is 0 Å². The summed E-state index contributed by atoms with van der Waals surface area (Å²) in [6, 6.07) is 11.3. The van der Waals surface area contributed by atoms with E-state index in [1.165, 1.54) is 17.7 Å². The first-order chi connectivity index (χ1) is 13.3. The highest BCUT2D eigenvalue weighted by atomic mass is 32.1. The third-order valence-corrected chi connectivity index (χ3v) is 5.00.